The molecule has 2 atom stereocenters. The lowest BCUT2D eigenvalue weighted by atomic mass is 10.0. The van der Waals surface area contributed by atoms with E-state index in [0.29, 0.717) is 13.1 Å². The van der Waals surface area contributed by atoms with Crippen molar-refractivity contribution in [2.24, 2.45) is 5.92 Å². The van der Waals surface area contributed by atoms with Crippen molar-refractivity contribution in [3.63, 3.8) is 0 Å². The molecule has 2 unspecified atom stereocenters. The van der Waals surface area contributed by atoms with Gasteiger partial charge in [-0.25, -0.2) is 9.59 Å². The second kappa shape index (κ2) is 6.47. The highest BCUT2D eigenvalue weighted by atomic mass is 79.9. The average Bonchev–Trinajstić information content (AvgIpc) is 2.82. The summed E-state index contributed by atoms with van der Waals surface area (Å²) in [4.78, 5) is 26.9. The molecule has 0 spiro atoms. The second-order valence-corrected chi connectivity index (χ2v) is 6.33. The van der Waals surface area contributed by atoms with Crippen molar-refractivity contribution in [3.8, 4) is 0 Å². The molecule has 6 heteroatoms. The lowest BCUT2D eigenvalue weighted by Crippen LogP contribution is -2.47. The number of halogens is 1. The highest BCUT2D eigenvalue weighted by molar-refractivity contribution is 9.10. The van der Waals surface area contributed by atoms with Gasteiger partial charge in [-0.1, -0.05) is 41.1 Å². The van der Waals surface area contributed by atoms with E-state index in [0.717, 1.165) is 16.5 Å². The molecular weight excluding hydrogens is 336 g/mol. The monoisotopic (exact) mass is 354 g/mol. The zero-order chi connectivity index (χ0) is 15.6. The summed E-state index contributed by atoms with van der Waals surface area (Å²) in [5.41, 5.74) is 0.993. The van der Waals surface area contributed by atoms with Gasteiger partial charge in [0.1, 0.15) is 6.04 Å². The number of hydrogen-bond donors (Lipinski definition) is 1. The molecule has 0 aliphatic carbocycles. The highest BCUT2D eigenvalue weighted by Gasteiger charge is 2.40. The summed E-state index contributed by atoms with van der Waals surface area (Å²) in [5.74, 6) is -0.939. The number of nitrogens with zero attached hydrogens (tertiary/aromatic N) is 2. The number of amides is 2. The predicted molar refractivity (Wildman–Crippen MR) is 82.9 cm³/mol. The van der Waals surface area contributed by atoms with E-state index < -0.39 is 12.0 Å². The third-order valence-corrected chi connectivity index (χ3v) is 4.66. The Bertz CT molecular complexity index is 549. The molecule has 1 aromatic carbocycles. The fraction of sp³-hybridized carbons (Fsp3) is 0.467. The molecule has 5 nitrogen and oxygen atoms in total. The average molecular weight is 355 g/mol. The van der Waals surface area contributed by atoms with E-state index in [1.54, 1.807) is 11.9 Å². The molecule has 0 bridgehead atoms. The molecule has 0 saturated carbocycles. The molecule has 2 rings (SSSR count). The third-order valence-electron chi connectivity index (χ3n) is 3.89. The maximum atomic E-state index is 12.5. The Morgan fingerprint density at radius 1 is 1.43 bits per heavy atom. The van der Waals surface area contributed by atoms with Crippen LogP contribution >= 0.6 is 15.9 Å². The number of carboxylic acid groups (broad SMARTS) is 1. The quantitative estimate of drug-likeness (QED) is 0.907. The molecule has 1 saturated heterocycles. The van der Waals surface area contributed by atoms with Crippen LogP contribution in [0.4, 0.5) is 4.79 Å². The van der Waals surface area contributed by atoms with Crippen LogP contribution in [0, 0.1) is 5.92 Å². The minimum absolute atomic E-state index is 0.0108. The summed E-state index contributed by atoms with van der Waals surface area (Å²) in [6.45, 7) is 2.81. The van der Waals surface area contributed by atoms with Gasteiger partial charge in [-0.15, -0.1) is 0 Å². The molecule has 1 aromatic rings. The second-order valence-electron chi connectivity index (χ2n) is 5.47. The van der Waals surface area contributed by atoms with Crippen LogP contribution in [0.25, 0.3) is 0 Å². The van der Waals surface area contributed by atoms with Gasteiger partial charge in [-0.2, -0.15) is 0 Å². The fourth-order valence-corrected chi connectivity index (χ4v) is 3.12. The molecule has 0 aromatic heterocycles. The van der Waals surface area contributed by atoms with Crippen LogP contribution in [-0.2, 0) is 11.3 Å². The number of carbonyl (C=O) groups is 2. The first-order valence-corrected chi connectivity index (χ1v) is 7.69. The smallest absolute Gasteiger partial charge is 0.326 e. The maximum absolute atomic E-state index is 12.5. The Hall–Kier alpha value is -1.56. The van der Waals surface area contributed by atoms with Gasteiger partial charge in [0.25, 0.3) is 0 Å². The highest BCUT2D eigenvalue weighted by Crippen LogP contribution is 2.26. The van der Waals surface area contributed by atoms with Crippen LogP contribution < -0.4 is 0 Å². The number of hydrogen-bond acceptors (Lipinski definition) is 2. The minimum Gasteiger partial charge on any atom is -0.480 e. The Morgan fingerprint density at radius 2 is 2.10 bits per heavy atom. The minimum atomic E-state index is -0.928. The first kappa shape index (κ1) is 15.8. The van der Waals surface area contributed by atoms with Crippen molar-refractivity contribution < 1.29 is 14.7 Å². The van der Waals surface area contributed by atoms with Crippen molar-refractivity contribution in [2.75, 3.05) is 13.6 Å². The number of carbonyl (C=O) groups excluding carboxylic acids is 1. The van der Waals surface area contributed by atoms with Gasteiger partial charge >= 0.3 is 12.0 Å². The molecule has 1 heterocycles. The number of urea groups is 1. The first-order chi connectivity index (χ1) is 9.91. The molecule has 1 aliphatic heterocycles. The summed E-state index contributed by atoms with van der Waals surface area (Å²) in [5, 5.41) is 9.30. The third kappa shape index (κ3) is 3.37. The molecule has 1 N–H and O–H groups in total. The van der Waals surface area contributed by atoms with Gasteiger partial charge in [0, 0.05) is 24.6 Å². The van der Waals surface area contributed by atoms with Crippen molar-refractivity contribution in [2.45, 2.75) is 25.9 Å². The van der Waals surface area contributed by atoms with E-state index in [-0.39, 0.29) is 11.9 Å². The van der Waals surface area contributed by atoms with Crippen LogP contribution in [0.5, 0.6) is 0 Å². The Morgan fingerprint density at radius 3 is 2.71 bits per heavy atom. The summed E-state index contributed by atoms with van der Waals surface area (Å²) >= 11 is 3.46. The van der Waals surface area contributed by atoms with Crippen molar-refractivity contribution in [1.29, 1.82) is 0 Å². The first-order valence-electron chi connectivity index (χ1n) is 6.89. The Labute approximate surface area is 132 Å². The molecule has 21 heavy (non-hydrogen) atoms. The molecule has 0 radical (unpaired) electrons. The van der Waals surface area contributed by atoms with Crippen molar-refractivity contribution >= 4 is 27.9 Å². The zero-order valence-electron chi connectivity index (χ0n) is 12.1. The van der Waals surface area contributed by atoms with E-state index in [1.165, 1.54) is 4.90 Å². The van der Waals surface area contributed by atoms with E-state index in [1.807, 2.05) is 31.2 Å². The van der Waals surface area contributed by atoms with Gasteiger partial charge in [-0.05, 0) is 24.0 Å². The zero-order valence-corrected chi connectivity index (χ0v) is 13.7. The van der Waals surface area contributed by atoms with E-state index in [2.05, 4.69) is 15.9 Å². The summed E-state index contributed by atoms with van der Waals surface area (Å²) in [7, 11) is 1.70. The molecule has 1 aliphatic rings. The molecule has 114 valence electrons. The standard InChI is InChI=1S/C15H19BrN2O3/c1-10-7-8-18(13(10)14(19)20)15(21)17(2)9-11-5-3-4-6-12(11)16/h3-6,10,13H,7-9H2,1-2H3,(H,19,20). The lowest BCUT2D eigenvalue weighted by molar-refractivity contribution is -0.142. The molecular formula is C15H19BrN2O3. The number of likely N-dealkylation sites (tertiary alicyclic amines) is 1. The Balaban J connectivity index is 2.09. The molecule has 2 amide bonds. The number of benzene rings is 1. The number of aliphatic carboxylic acids is 1. The van der Waals surface area contributed by atoms with Crippen LogP contribution in [0.1, 0.15) is 18.9 Å². The summed E-state index contributed by atoms with van der Waals surface area (Å²) in [6, 6.07) is 6.73. The van der Waals surface area contributed by atoms with Crippen molar-refractivity contribution in [3.05, 3.63) is 34.3 Å². The van der Waals surface area contributed by atoms with Crippen LogP contribution in [0.15, 0.2) is 28.7 Å². The summed E-state index contributed by atoms with van der Waals surface area (Å²) in [6.07, 6.45) is 0.728. The molecule has 1 fully saturated rings. The van der Waals surface area contributed by atoms with E-state index in [4.69, 9.17) is 0 Å². The topological polar surface area (TPSA) is 60.9 Å². The van der Waals surface area contributed by atoms with E-state index >= 15 is 0 Å². The van der Waals surface area contributed by atoms with Gasteiger partial charge in [0.05, 0.1) is 0 Å². The largest absolute Gasteiger partial charge is 0.480 e. The normalized spacial score (nSPS) is 21.4. The summed E-state index contributed by atoms with van der Waals surface area (Å²) < 4.78 is 0.939. The van der Waals surface area contributed by atoms with E-state index in [9.17, 15) is 14.7 Å². The van der Waals surface area contributed by atoms with Crippen LogP contribution in [0.3, 0.4) is 0 Å². The fourth-order valence-electron chi connectivity index (χ4n) is 2.71. The van der Waals surface area contributed by atoms with Crippen LogP contribution in [-0.4, -0.2) is 46.5 Å². The van der Waals surface area contributed by atoms with Crippen LogP contribution in [0.2, 0.25) is 0 Å². The SMILES string of the molecule is CC1CCN(C(=O)N(C)Cc2ccccc2Br)C1C(=O)O. The predicted octanol–water partition coefficient (Wildman–Crippen LogP) is 2.80. The van der Waals surface area contributed by atoms with Gasteiger partial charge in [-0.3, -0.25) is 0 Å². The van der Waals surface area contributed by atoms with Crippen molar-refractivity contribution in [1.82, 2.24) is 9.80 Å². The Kier molecular flexibility index (Phi) is 4.88. The number of rotatable bonds is 3. The van der Waals surface area contributed by atoms with Gasteiger partial charge in [0.2, 0.25) is 0 Å². The maximum Gasteiger partial charge on any atom is 0.326 e. The lowest BCUT2D eigenvalue weighted by Gasteiger charge is -2.28. The van der Waals surface area contributed by atoms with Gasteiger partial charge < -0.3 is 14.9 Å². The number of carboxylic acids is 1. The van der Waals surface area contributed by atoms with Gasteiger partial charge in [0.15, 0.2) is 0 Å².